The molecule has 1 aromatic heterocycles. The summed E-state index contributed by atoms with van der Waals surface area (Å²) in [6.45, 7) is 6.29. The summed E-state index contributed by atoms with van der Waals surface area (Å²) < 4.78 is 19.9. The number of nitrogens with zero attached hydrogens (tertiary/aromatic N) is 4. The average Bonchev–Trinajstić information content (AvgIpc) is 2.99. The summed E-state index contributed by atoms with van der Waals surface area (Å²) in [5.41, 5.74) is 3.94. The third-order valence-corrected chi connectivity index (χ3v) is 5.16. The standard InChI is InChI=1S/C21H24FN5O2/c1-4-15-9-19(23)17(10-24-13(15)2)11-27-14(3)20(25-26-27)12-29-21(28)16-5-7-18(22)8-6-16/h5-8,10,15,23H,4,9,11-12H2,1-3H3. The van der Waals surface area contributed by atoms with E-state index in [-0.39, 0.29) is 18.1 Å². The van der Waals surface area contributed by atoms with Crippen LogP contribution in [0.2, 0.25) is 0 Å². The van der Waals surface area contributed by atoms with Crippen LogP contribution >= 0.6 is 0 Å². The fraction of sp³-hybridized carbons (Fsp3) is 0.381. The average molecular weight is 397 g/mol. The Morgan fingerprint density at radius 3 is 2.72 bits per heavy atom. The first-order chi connectivity index (χ1) is 13.9. The van der Waals surface area contributed by atoms with Crippen LogP contribution in [0.15, 0.2) is 41.0 Å². The van der Waals surface area contributed by atoms with Crippen LogP contribution in [-0.4, -0.2) is 32.4 Å². The van der Waals surface area contributed by atoms with Gasteiger partial charge >= 0.3 is 5.97 Å². The summed E-state index contributed by atoms with van der Waals surface area (Å²) in [4.78, 5) is 16.6. The van der Waals surface area contributed by atoms with Crippen molar-refractivity contribution in [2.24, 2.45) is 10.9 Å². The van der Waals surface area contributed by atoms with Crippen LogP contribution in [0.1, 0.15) is 48.4 Å². The maximum Gasteiger partial charge on any atom is 0.338 e. The number of aromatic nitrogens is 3. The minimum atomic E-state index is -0.553. The molecule has 1 N–H and O–H groups in total. The summed E-state index contributed by atoms with van der Waals surface area (Å²) in [7, 11) is 0. The van der Waals surface area contributed by atoms with E-state index in [1.54, 1.807) is 10.9 Å². The Bertz CT molecular complexity index is 975. The fourth-order valence-corrected chi connectivity index (χ4v) is 3.11. The van der Waals surface area contributed by atoms with Crippen LogP contribution in [0.3, 0.4) is 0 Å². The first kappa shape index (κ1) is 20.6. The predicted molar refractivity (Wildman–Crippen MR) is 108 cm³/mol. The van der Waals surface area contributed by atoms with Gasteiger partial charge in [0.25, 0.3) is 0 Å². The van der Waals surface area contributed by atoms with Gasteiger partial charge in [-0.05, 0) is 51.0 Å². The zero-order chi connectivity index (χ0) is 21.0. The number of benzene rings is 1. The molecular formula is C21H24FN5O2. The highest BCUT2D eigenvalue weighted by molar-refractivity contribution is 6.02. The van der Waals surface area contributed by atoms with Crippen molar-refractivity contribution in [3.8, 4) is 0 Å². The van der Waals surface area contributed by atoms with Crippen LogP contribution in [0.5, 0.6) is 0 Å². The van der Waals surface area contributed by atoms with Gasteiger partial charge in [0.1, 0.15) is 18.1 Å². The number of halogens is 1. The zero-order valence-electron chi connectivity index (χ0n) is 16.8. The SMILES string of the molecule is CCC1CC(=N)C(Cn2nnc(COC(=O)c3ccc(F)cc3)c2C)=CN=C1C. The number of rotatable bonds is 6. The van der Waals surface area contributed by atoms with Crippen LogP contribution in [-0.2, 0) is 17.9 Å². The first-order valence-corrected chi connectivity index (χ1v) is 9.51. The second kappa shape index (κ2) is 8.89. The molecule has 29 heavy (non-hydrogen) atoms. The lowest BCUT2D eigenvalue weighted by molar-refractivity contribution is 0.0467. The number of aliphatic imine (C=N–C) groups is 1. The number of carbonyl (C=O) groups is 1. The maximum absolute atomic E-state index is 13.0. The quantitative estimate of drug-likeness (QED) is 0.749. The van der Waals surface area contributed by atoms with Crippen molar-refractivity contribution in [2.45, 2.75) is 46.8 Å². The molecule has 0 saturated carbocycles. The van der Waals surface area contributed by atoms with Crippen molar-refractivity contribution in [3.05, 3.63) is 58.8 Å². The lowest BCUT2D eigenvalue weighted by Gasteiger charge is -2.13. The third kappa shape index (κ3) is 4.82. The Balaban J connectivity index is 1.66. The van der Waals surface area contributed by atoms with E-state index in [1.165, 1.54) is 24.3 Å². The van der Waals surface area contributed by atoms with E-state index >= 15 is 0 Å². The van der Waals surface area contributed by atoms with E-state index in [2.05, 4.69) is 22.2 Å². The van der Waals surface area contributed by atoms with Crippen LogP contribution in [0.25, 0.3) is 0 Å². The summed E-state index contributed by atoms with van der Waals surface area (Å²) >= 11 is 0. The first-order valence-electron chi connectivity index (χ1n) is 9.51. The van der Waals surface area contributed by atoms with E-state index in [0.717, 1.165) is 23.4 Å². The van der Waals surface area contributed by atoms with Gasteiger partial charge in [-0.1, -0.05) is 12.1 Å². The molecule has 2 heterocycles. The number of hydrogen-bond donors (Lipinski definition) is 1. The molecule has 0 bridgehead atoms. The van der Waals surface area contributed by atoms with E-state index in [4.69, 9.17) is 10.1 Å². The smallest absolute Gasteiger partial charge is 0.338 e. The Morgan fingerprint density at radius 1 is 1.31 bits per heavy atom. The predicted octanol–water partition coefficient (Wildman–Crippen LogP) is 3.88. The molecule has 8 heteroatoms. The zero-order valence-corrected chi connectivity index (χ0v) is 16.8. The normalized spacial score (nSPS) is 16.8. The number of nitrogens with one attached hydrogen (secondary N) is 1. The molecule has 0 radical (unpaired) electrons. The number of hydrogen-bond acceptors (Lipinski definition) is 6. The minimum absolute atomic E-state index is 0.0340. The molecule has 0 aliphatic carbocycles. The monoisotopic (exact) mass is 397 g/mol. The summed E-state index contributed by atoms with van der Waals surface area (Å²) in [6, 6.07) is 5.16. The molecular weight excluding hydrogens is 373 g/mol. The molecule has 0 amide bonds. The molecule has 1 unspecified atom stereocenters. The van der Waals surface area contributed by atoms with Gasteiger partial charge < -0.3 is 10.1 Å². The summed E-state index contributed by atoms with van der Waals surface area (Å²) in [6.07, 6.45) is 3.35. The molecule has 1 aromatic carbocycles. The van der Waals surface area contributed by atoms with E-state index in [1.807, 2.05) is 13.8 Å². The second-order valence-corrected chi connectivity index (χ2v) is 7.07. The molecule has 152 valence electrons. The van der Waals surface area contributed by atoms with E-state index in [9.17, 15) is 9.18 Å². The van der Waals surface area contributed by atoms with Crippen molar-refractivity contribution >= 4 is 17.4 Å². The Kier molecular flexibility index (Phi) is 6.31. The highest BCUT2D eigenvalue weighted by atomic mass is 19.1. The van der Waals surface area contributed by atoms with Gasteiger partial charge in [0.15, 0.2) is 0 Å². The number of allylic oxidation sites excluding steroid dienone is 1. The van der Waals surface area contributed by atoms with Gasteiger partial charge in [0, 0.05) is 29.1 Å². The molecule has 3 rings (SSSR count). The molecule has 0 saturated heterocycles. The minimum Gasteiger partial charge on any atom is -0.455 e. The molecule has 1 aliphatic rings. The van der Waals surface area contributed by atoms with Crippen molar-refractivity contribution in [1.82, 2.24) is 15.0 Å². The third-order valence-electron chi connectivity index (χ3n) is 5.16. The largest absolute Gasteiger partial charge is 0.455 e. The van der Waals surface area contributed by atoms with Gasteiger partial charge in [-0.25, -0.2) is 13.9 Å². The van der Waals surface area contributed by atoms with Crippen LogP contribution in [0.4, 0.5) is 4.39 Å². The lowest BCUT2D eigenvalue weighted by atomic mass is 9.93. The molecule has 0 spiro atoms. The molecule has 0 fully saturated rings. The Hall–Kier alpha value is -3.16. The van der Waals surface area contributed by atoms with Gasteiger partial charge in [-0.15, -0.1) is 5.10 Å². The number of esters is 1. The van der Waals surface area contributed by atoms with E-state index in [0.29, 0.717) is 24.4 Å². The van der Waals surface area contributed by atoms with Crippen molar-refractivity contribution in [1.29, 1.82) is 5.41 Å². The molecule has 2 aromatic rings. The topological polar surface area (TPSA) is 93.2 Å². The van der Waals surface area contributed by atoms with Crippen molar-refractivity contribution < 1.29 is 13.9 Å². The maximum atomic E-state index is 13.0. The number of ether oxygens (including phenoxy) is 1. The Morgan fingerprint density at radius 2 is 2.03 bits per heavy atom. The molecule has 1 atom stereocenters. The van der Waals surface area contributed by atoms with Gasteiger partial charge in [0.05, 0.1) is 17.8 Å². The van der Waals surface area contributed by atoms with Gasteiger partial charge in [-0.2, -0.15) is 0 Å². The molecule has 1 aliphatic heterocycles. The van der Waals surface area contributed by atoms with E-state index < -0.39 is 11.8 Å². The van der Waals surface area contributed by atoms with Crippen molar-refractivity contribution in [2.75, 3.05) is 0 Å². The van der Waals surface area contributed by atoms with Gasteiger partial charge in [-0.3, -0.25) is 4.99 Å². The number of carbonyl (C=O) groups excluding carboxylic acids is 1. The van der Waals surface area contributed by atoms with Gasteiger partial charge in [0.2, 0.25) is 0 Å². The highest BCUT2D eigenvalue weighted by Crippen LogP contribution is 2.20. The summed E-state index contributed by atoms with van der Waals surface area (Å²) in [5, 5.41) is 16.6. The van der Waals surface area contributed by atoms with Crippen molar-refractivity contribution in [3.63, 3.8) is 0 Å². The fourth-order valence-electron chi connectivity index (χ4n) is 3.11. The van der Waals surface area contributed by atoms with Crippen LogP contribution in [0, 0.1) is 24.1 Å². The highest BCUT2D eigenvalue weighted by Gasteiger charge is 2.20. The lowest BCUT2D eigenvalue weighted by Crippen LogP contribution is -2.16. The molecule has 7 nitrogen and oxygen atoms in total. The van der Waals surface area contributed by atoms with Crippen LogP contribution < -0.4 is 0 Å². The summed E-state index contributed by atoms with van der Waals surface area (Å²) in [5.74, 6) is -0.680. The Labute approximate surface area is 168 Å². The second-order valence-electron chi connectivity index (χ2n) is 7.07.